The molecule has 0 bridgehead atoms. The second kappa shape index (κ2) is 5.72. The topological polar surface area (TPSA) is 32.3 Å². The lowest BCUT2D eigenvalue weighted by atomic mass is 10.2. The number of hydrogen-bond acceptors (Lipinski definition) is 2. The number of anilines is 1. The van der Waals surface area contributed by atoms with Crippen molar-refractivity contribution in [2.24, 2.45) is 0 Å². The van der Waals surface area contributed by atoms with E-state index in [4.69, 9.17) is 11.6 Å². The molecule has 4 heteroatoms. The average molecular weight is 267 g/mol. The van der Waals surface area contributed by atoms with Gasteiger partial charge < -0.3 is 5.32 Å². The molecule has 0 aromatic heterocycles. The fraction of sp³-hybridized carbons (Fsp3) is 0.500. The van der Waals surface area contributed by atoms with Crippen LogP contribution in [0.25, 0.3) is 0 Å². The summed E-state index contributed by atoms with van der Waals surface area (Å²) in [4.78, 5) is 14.3. The number of halogens is 1. The number of benzene rings is 1. The summed E-state index contributed by atoms with van der Waals surface area (Å²) in [5, 5.41) is 3.60. The first-order valence-electron chi connectivity index (χ1n) is 6.39. The Bertz CT molecular complexity index is 441. The number of aryl methyl sites for hydroxylation is 1. The first-order valence-corrected chi connectivity index (χ1v) is 6.77. The van der Waals surface area contributed by atoms with Crippen molar-refractivity contribution in [3.8, 4) is 0 Å². The van der Waals surface area contributed by atoms with Crippen LogP contribution in [0.5, 0.6) is 0 Å². The Kier molecular flexibility index (Phi) is 4.25. The Morgan fingerprint density at radius 3 is 2.67 bits per heavy atom. The molecular weight excluding hydrogens is 248 g/mol. The van der Waals surface area contributed by atoms with Crippen LogP contribution < -0.4 is 5.32 Å². The fourth-order valence-electron chi connectivity index (χ4n) is 2.21. The van der Waals surface area contributed by atoms with Gasteiger partial charge in [-0.15, -0.1) is 0 Å². The third-order valence-corrected chi connectivity index (χ3v) is 3.91. The van der Waals surface area contributed by atoms with Crippen molar-refractivity contribution in [2.75, 3.05) is 18.4 Å². The van der Waals surface area contributed by atoms with Crippen molar-refractivity contribution in [1.29, 1.82) is 0 Å². The van der Waals surface area contributed by atoms with E-state index in [1.807, 2.05) is 26.0 Å². The van der Waals surface area contributed by atoms with Crippen molar-refractivity contribution in [3.63, 3.8) is 0 Å². The van der Waals surface area contributed by atoms with Crippen LogP contribution in [0, 0.1) is 6.92 Å². The van der Waals surface area contributed by atoms with E-state index >= 15 is 0 Å². The number of likely N-dealkylation sites (tertiary alicyclic amines) is 1. The second-order valence-corrected chi connectivity index (χ2v) is 5.28. The molecule has 1 heterocycles. The first kappa shape index (κ1) is 13.4. The average Bonchev–Trinajstić information content (AvgIpc) is 2.86. The summed E-state index contributed by atoms with van der Waals surface area (Å²) in [6.07, 6.45) is 2.38. The molecule has 2 rings (SSSR count). The molecule has 0 spiro atoms. The summed E-state index contributed by atoms with van der Waals surface area (Å²) >= 11 is 6.04. The summed E-state index contributed by atoms with van der Waals surface area (Å²) in [5.41, 5.74) is 1.78. The van der Waals surface area contributed by atoms with Gasteiger partial charge in [-0.25, -0.2) is 0 Å². The van der Waals surface area contributed by atoms with E-state index in [0.29, 0.717) is 5.02 Å². The van der Waals surface area contributed by atoms with Crippen LogP contribution in [0.15, 0.2) is 18.2 Å². The maximum atomic E-state index is 12.1. The summed E-state index contributed by atoms with van der Waals surface area (Å²) < 4.78 is 0. The third-order valence-electron chi connectivity index (χ3n) is 3.51. The molecule has 1 aromatic rings. The zero-order valence-corrected chi connectivity index (χ0v) is 11.6. The SMILES string of the molecule is Cc1ccc(NC(=O)[C@@H](C)N2CCCC2)cc1Cl. The lowest BCUT2D eigenvalue weighted by Crippen LogP contribution is -2.40. The maximum Gasteiger partial charge on any atom is 0.241 e. The summed E-state index contributed by atoms with van der Waals surface area (Å²) in [5.74, 6) is 0.0387. The summed E-state index contributed by atoms with van der Waals surface area (Å²) in [6.45, 7) is 5.93. The minimum absolute atomic E-state index is 0.0387. The van der Waals surface area contributed by atoms with Crippen molar-refractivity contribution in [3.05, 3.63) is 28.8 Å². The van der Waals surface area contributed by atoms with Crippen LogP contribution in [-0.4, -0.2) is 29.9 Å². The summed E-state index contributed by atoms with van der Waals surface area (Å²) in [7, 11) is 0. The largest absolute Gasteiger partial charge is 0.325 e. The van der Waals surface area contributed by atoms with Crippen molar-refractivity contribution < 1.29 is 4.79 Å². The van der Waals surface area contributed by atoms with Gasteiger partial charge in [0.1, 0.15) is 0 Å². The minimum Gasteiger partial charge on any atom is -0.325 e. The molecule has 1 amide bonds. The molecule has 98 valence electrons. The number of hydrogen-bond donors (Lipinski definition) is 1. The van der Waals surface area contributed by atoms with Gasteiger partial charge in [-0.1, -0.05) is 17.7 Å². The molecule has 1 N–H and O–H groups in total. The normalized spacial score (nSPS) is 17.7. The predicted molar refractivity (Wildman–Crippen MR) is 75.1 cm³/mol. The van der Waals surface area contributed by atoms with Gasteiger partial charge in [-0.05, 0) is 57.5 Å². The number of nitrogens with zero attached hydrogens (tertiary/aromatic N) is 1. The van der Waals surface area contributed by atoms with Crippen molar-refractivity contribution >= 4 is 23.2 Å². The highest BCUT2D eigenvalue weighted by Crippen LogP contribution is 2.20. The van der Waals surface area contributed by atoms with Crippen LogP contribution in [0.4, 0.5) is 5.69 Å². The highest BCUT2D eigenvalue weighted by Gasteiger charge is 2.23. The molecule has 18 heavy (non-hydrogen) atoms. The Balaban J connectivity index is 1.99. The minimum atomic E-state index is -0.0763. The molecule has 1 atom stereocenters. The zero-order valence-electron chi connectivity index (χ0n) is 10.9. The van der Waals surface area contributed by atoms with Crippen LogP contribution >= 0.6 is 11.6 Å². The number of rotatable bonds is 3. The Morgan fingerprint density at radius 1 is 1.39 bits per heavy atom. The fourth-order valence-corrected chi connectivity index (χ4v) is 2.39. The molecule has 0 unspecified atom stereocenters. The highest BCUT2D eigenvalue weighted by atomic mass is 35.5. The Hall–Kier alpha value is -1.06. The van der Waals surface area contributed by atoms with Crippen LogP contribution in [0.3, 0.4) is 0 Å². The molecular formula is C14H19ClN2O. The molecule has 3 nitrogen and oxygen atoms in total. The van der Waals surface area contributed by atoms with Crippen LogP contribution in [0.2, 0.25) is 5.02 Å². The molecule has 0 saturated carbocycles. The van der Waals surface area contributed by atoms with Gasteiger partial charge in [0.15, 0.2) is 0 Å². The van der Waals surface area contributed by atoms with Gasteiger partial charge in [-0.3, -0.25) is 9.69 Å². The molecule has 1 aromatic carbocycles. The first-order chi connectivity index (χ1) is 8.58. The van der Waals surface area contributed by atoms with E-state index in [9.17, 15) is 4.79 Å². The summed E-state index contributed by atoms with van der Waals surface area (Å²) in [6, 6.07) is 5.52. The van der Waals surface area contributed by atoms with E-state index in [2.05, 4.69) is 10.2 Å². The molecule has 1 aliphatic rings. The maximum absolute atomic E-state index is 12.1. The standard InChI is InChI=1S/C14H19ClN2O/c1-10-5-6-12(9-13(10)15)16-14(18)11(2)17-7-3-4-8-17/h5-6,9,11H,3-4,7-8H2,1-2H3,(H,16,18)/t11-/m1/s1. The highest BCUT2D eigenvalue weighted by molar-refractivity contribution is 6.31. The molecule has 0 radical (unpaired) electrons. The van der Waals surface area contributed by atoms with E-state index in [1.54, 1.807) is 6.07 Å². The molecule has 1 saturated heterocycles. The quantitative estimate of drug-likeness (QED) is 0.912. The predicted octanol–water partition coefficient (Wildman–Crippen LogP) is 3.07. The number of carbonyl (C=O) groups excluding carboxylic acids is 1. The second-order valence-electron chi connectivity index (χ2n) is 4.87. The van der Waals surface area contributed by atoms with Gasteiger partial charge in [0, 0.05) is 10.7 Å². The van der Waals surface area contributed by atoms with Gasteiger partial charge in [0.05, 0.1) is 6.04 Å². The zero-order chi connectivity index (χ0) is 13.1. The monoisotopic (exact) mass is 266 g/mol. The Labute approximate surface area is 113 Å². The number of nitrogens with one attached hydrogen (secondary N) is 1. The lowest BCUT2D eigenvalue weighted by molar-refractivity contribution is -0.120. The van der Waals surface area contributed by atoms with E-state index in [0.717, 1.165) is 24.3 Å². The smallest absolute Gasteiger partial charge is 0.241 e. The molecule has 1 fully saturated rings. The number of amides is 1. The van der Waals surface area contributed by atoms with Crippen LogP contribution in [-0.2, 0) is 4.79 Å². The van der Waals surface area contributed by atoms with E-state index < -0.39 is 0 Å². The number of carbonyl (C=O) groups is 1. The third kappa shape index (κ3) is 3.03. The van der Waals surface area contributed by atoms with Gasteiger partial charge in [0.2, 0.25) is 5.91 Å². The van der Waals surface area contributed by atoms with E-state index in [-0.39, 0.29) is 11.9 Å². The van der Waals surface area contributed by atoms with Crippen LogP contribution in [0.1, 0.15) is 25.3 Å². The van der Waals surface area contributed by atoms with Crippen molar-refractivity contribution in [1.82, 2.24) is 4.90 Å². The Morgan fingerprint density at radius 2 is 2.06 bits per heavy atom. The van der Waals surface area contributed by atoms with Crippen molar-refractivity contribution in [2.45, 2.75) is 32.7 Å². The molecule has 1 aliphatic heterocycles. The van der Waals surface area contributed by atoms with Gasteiger partial charge >= 0.3 is 0 Å². The van der Waals surface area contributed by atoms with E-state index in [1.165, 1.54) is 12.8 Å². The lowest BCUT2D eigenvalue weighted by Gasteiger charge is -2.22. The van der Waals surface area contributed by atoms with Gasteiger partial charge in [0.25, 0.3) is 0 Å². The van der Waals surface area contributed by atoms with Gasteiger partial charge in [-0.2, -0.15) is 0 Å². The molecule has 0 aliphatic carbocycles.